The van der Waals surface area contributed by atoms with Crippen molar-refractivity contribution in [3.05, 3.63) is 53.6 Å². The van der Waals surface area contributed by atoms with Crippen LogP contribution in [-0.2, 0) is 9.53 Å². The Balaban J connectivity index is 2.22. The van der Waals surface area contributed by atoms with Crippen LogP contribution in [0.1, 0.15) is 20.8 Å². The van der Waals surface area contributed by atoms with Gasteiger partial charge < -0.3 is 15.4 Å². The van der Waals surface area contributed by atoms with Crippen LogP contribution in [0.3, 0.4) is 0 Å². The van der Waals surface area contributed by atoms with Gasteiger partial charge in [-0.2, -0.15) is 0 Å². The van der Waals surface area contributed by atoms with E-state index in [1.807, 2.05) is 25.1 Å². The van der Waals surface area contributed by atoms with E-state index in [2.05, 4.69) is 10.6 Å². The molecule has 5 nitrogen and oxygen atoms in total. The van der Waals surface area contributed by atoms with Gasteiger partial charge in [-0.05, 0) is 56.2 Å². The van der Waals surface area contributed by atoms with Crippen LogP contribution < -0.4 is 10.6 Å². The van der Waals surface area contributed by atoms with Gasteiger partial charge >= 0.3 is 6.03 Å². The van der Waals surface area contributed by atoms with E-state index in [9.17, 15) is 9.59 Å². The summed E-state index contributed by atoms with van der Waals surface area (Å²) < 4.78 is 5.79. The third kappa shape index (κ3) is 3.26. The van der Waals surface area contributed by atoms with Crippen molar-refractivity contribution >= 4 is 17.5 Å². The molecule has 0 aliphatic heterocycles. The lowest BCUT2D eigenvalue weighted by atomic mass is 9.89. The molecule has 0 heterocycles. The van der Waals surface area contributed by atoms with Crippen LogP contribution in [0, 0.1) is 0 Å². The minimum atomic E-state index is -1.08. The summed E-state index contributed by atoms with van der Waals surface area (Å²) >= 11 is 0. The van der Waals surface area contributed by atoms with E-state index in [1.165, 1.54) is 12.2 Å². The molecule has 1 aromatic rings. The number of hydrogen-bond donors (Lipinski definition) is 2. The Bertz CT molecular complexity index is 611. The summed E-state index contributed by atoms with van der Waals surface area (Å²) in [6.07, 6.45) is 2.96. The number of para-hydroxylation sites is 1. The summed E-state index contributed by atoms with van der Waals surface area (Å²) in [5.74, 6) is -0.101. The largest absolute Gasteiger partial charge is 0.348 e. The molecule has 1 aliphatic carbocycles. The molecule has 0 spiro atoms. The molecule has 22 heavy (non-hydrogen) atoms. The maximum Gasteiger partial charge on any atom is 0.321 e. The standard InChI is InChI=1S/C17H20N2O3/c1-4-22-17(12(2)10-15(20)11-13(17)3)19-16(21)18-14-8-6-5-7-9-14/h5-11H,4H2,1-3H3,(H2,18,19,21). The molecule has 0 unspecified atom stereocenters. The molecule has 0 radical (unpaired) electrons. The smallest absolute Gasteiger partial charge is 0.321 e. The first-order chi connectivity index (χ1) is 10.5. The first kappa shape index (κ1) is 16.0. The number of anilines is 1. The lowest BCUT2D eigenvalue weighted by Crippen LogP contribution is -2.55. The molecule has 1 aliphatic rings. The third-order valence-electron chi connectivity index (χ3n) is 3.51. The monoisotopic (exact) mass is 300 g/mol. The van der Waals surface area contributed by atoms with Gasteiger partial charge in [0.25, 0.3) is 0 Å². The summed E-state index contributed by atoms with van der Waals surface area (Å²) in [6.45, 7) is 5.78. The van der Waals surface area contributed by atoms with Crippen LogP contribution in [0.5, 0.6) is 0 Å². The zero-order valence-corrected chi connectivity index (χ0v) is 13.0. The number of urea groups is 1. The number of ether oxygens (including phenoxy) is 1. The highest BCUT2D eigenvalue weighted by Gasteiger charge is 2.39. The number of benzene rings is 1. The van der Waals surface area contributed by atoms with Gasteiger partial charge in [0.2, 0.25) is 0 Å². The van der Waals surface area contributed by atoms with Crippen molar-refractivity contribution in [1.82, 2.24) is 5.32 Å². The Morgan fingerprint density at radius 1 is 1.14 bits per heavy atom. The number of hydrogen-bond acceptors (Lipinski definition) is 3. The minimum Gasteiger partial charge on any atom is -0.348 e. The van der Waals surface area contributed by atoms with Gasteiger partial charge in [0.15, 0.2) is 11.5 Å². The van der Waals surface area contributed by atoms with Crippen LogP contribution in [0.15, 0.2) is 53.6 Å². The molecule has 5 heteroatoms. The molecule has 2 amide bonds. The normalized spacial score (nSPS) is 16.6. The molecule has 0 aromatic heterocycles. The Hall–Kier alpha value is -2.40. The summed E-state index contributed by atoms with van der Waals surface area (Å²) in [5.41, 5.74) is 0.911. The first-order valence-electron chi connectivity index (χ1n) is 7.17. The average molecular weight is 300 g/mol. The second-order valence-electron chi connectivity index (χ2n) is 5.12. The molecular weight excluding hydrogens is 280 g/mol. The molecule has 116 valence electrons. The van der Waals surface area contributed by atoms with Crippen LogP contribution in [0.25, 0.3) is 0 Å². The number of amides is 2. The Labute approximate surface area is 130 Å². The van der Waals surface area contributed by atoms with Gasteiger partial charge in [-0.3, -0.25) is 4.79 Å². The van der Waals surface area contributed by atoms with E-state index in [0.29, 0.717) is 23.4 Å². The fraction of sp³-hybridized carbons (Fsp3) is 0.294. The zero-order valence-electron chi connectivity index (χ0n) is 13.0. The molecule has 1 aromatic carbocycles. The number of carbonyl (C=O) groups excluding carboxylic acids is 2. The molecule has 0 bridgehead atoms. The number of nitrogens with one attached hydrogen (secondary N) is 2. The van der Waals surface area contributed by atoms with Crippen LogP contribution in [0.4, 0.5) is 10.5 Å². The minimum absolute atomic E-state index is 0.101. The van der Waals surface area contributed by atoms with Gasteiger partial charge in [0.1, 0.15) is 0 Å². The van der Waals surface area contributed by atoms with E-state index in [0.717, 1.165) is 0 Å². The number of allylic oxidation sites excluding steroid dienone is 2. The van der Waals surface area contributed by atoms with Crippen molar-refractivity contribution in [2.24, 2.45) is 0 Å². The van der Waals surface area contributed by atoms with Crippen LogP contribution >= 0.6 is 0 Å². The van der Waals surface area contributed by atoms with E-state index in [-0.39, 0.29) is 5.78 Å². The van der Waals surface area contributed by atoms with Gasteiger partial charge in [-0.15, -0.1) is 0 Å². The Morgan fingerprint density at radius 3 is 2.27 bits per heavy atom. The van der Waals surface area contributed by atoms with Crippen LogP contribution in [0.2, 0.25) is 0 Å². The van der Waals surface area contributed by atoms with Gasteiger partial charge in [0, 0.05) is 12.3 Å². The summed E-state index contributed by atoms with van der Waals surface area (Å²) in [4.78, 5) is 23.9. The molecule has 0 saturated heterocycles. The van der Waals surface area contributed by atoms with Crippen molar-refractivity contribution in [2.75, 3.05) is 11.9 Å². The fourth-order valence-corrected chi connectivity index (χ4v) is 2.50. The molecule has 0 atom stereocenters. The predicted octanol–water partition coefficient (Wildman–Crippen LogP) is 3.02. The van der Waals surface area contributed by atoms with Gasteiger partial charge in [0.05, 0.1) is 0 Å². The molecule has 2 rings (SSSR count). The summed E-state index contributed by atoms with van der Waals surface area (Å²) in [6, 6.07) is 8.74. The summed E-state index contributed by atoms with van der Waals surface area (Å²) in [5, 5.41) is 5.60. The van der Waals surface area contributed by atoms with Crippen molar-refractivity contribution in [3.8, 4) is 0 Å². The number of rotatable bonds is 4. The lowest BCUT2D eigenvalue weighted by molar-refractivity contribution is -0.111. The Morgan fingerprint density at radius 2 is 1.73 bits per heavy atom. The van der Waals surface area contributed by atoms with E-state index in [4.69, 9.17) is 4.74 Å². The van der Waals surface area contributed by atoms with Gasteiger partial charge in [-0.1, -0.05) is 18.2 Å². The topological polar surface area (TPSA) is 67.4 Å². The van der Waals surface area contributed by atoms with Crippen molar-refractivity contribution in [1.29, 1.82) is 0 Å². The molecule has 2 N–H and O–H groups in total. The highest BCUT2D eigenvalue weighted by Crippen LogP contribution is 2.30. The maximum absolute atomic E-state index is 12.3. The summed E-state index contributed by atoms with van der Waals surface area (Å²) in [7, 11) is 0. The molecular formula is C17H20N2O3. The van der Waals surface area contributed by atoms with E-state index in [1.54, 1.807) is 26.0 Å². The zero-order chi connectivity index (χ0) is 16.2. The first-order valence-corrected chi connectivity index (χ1v) is 7.17. The van der Waals surface area contributed by atoms with E-state index >= 15 is 0 Å². The quantitative estimate of drug-likeness (QED) is 0.840. The highest BCUT2D eigenvalue weighted by atomic mass is 16.5. The molecule has 0 saturated carbocycles. The third-order valence-corrected chi connectivity index (χ3v) is 3.51. The average Bonchev–Trinajstić information content (AvgIpc) is 2.45. The fourth-order valence-electron chi connectivity index (χ4n) is 2.50. The van der Waals surface area contributed by atoms with Crippen molar-refractivity contribution < 1.29 is 14.3 Å². The molecule has 0 fully saturated rings. The van der Waals surface area contributed by atoms with Crippen molar-refractivity contribution in [3.63, 3.8) is 0 Å². The predicted molar refractivity (Wildman–Crippen MR) is 85.5 cm³/mol. The van der Waals surface area contributed by atoms with Gasteiger partial charge in [-0.25, -0.2) is 4.79 Å². The highest BCUT2D eigenvalue weighted by molar-refractivity contribution is 6.02. The SMILES string of the molecule is CCOC1(NC(=O)Nc2ccccc2)C(C)=CC(=O)C=C1C. The van der Waals surface area contributed by atoms with Crippen molar-refractivity contribution in [2.45, 2.75) is 26.5 Å². The maximum atomic E-state index is 12.3. The Kier molecular flexibility index (Phi) is 4.78. The lowest BCUT2D eigenvalue weighted by Gasteiger charge is -2.37. The second kappa shape index (κ2) is 6.58. The second-order valence-corrected chi connectivity index (χ2v) is 5.12. The number of ketones is 1. The van der Waals surface area contributed by atoms with Crippen LogP contribution in [-0.4, -0.2) is 24.1 Å². The number of carbonyl (C=O) groups is 2. The van der Waals surface area contributed by atoms with E-state index < -0.39 is 11.8 Å².